The summed E-state index contributed by atoms with van der Waals surface area (Å²) in [7, 11) is 1.58. The number of carbonyl (C=O) groups excluding carboxylic acids is 2. The molecule has 152 valence electrons. The van der Waals surface area contributed by atoms with E-state index in [9.17, 15) is 14.7 Å². The Labute approximate surface area is 173 Å². The summed E-state index contributed by atoms with van der Waals surface area (Å²) in [4.78, 5) is 33.1. The molecule has 0 bridgehead atoms. The summed E-state index contributed by atoms with van der Waals surface area (Å²) in [5, 5.41) is 11.6. The molecule has 0 spiro atoms. The SMILES string of the molecule is COc1cccc(C2C(C(=O)c3sc(C)nc3C)=C(O)C(=O)N2C2CCCC2)c1. The number of ether oxygens (including phenoxy) is 1. The van der Waals surface area contributed by atoms with Crippen LogP contribution in [-0.2, 0) is 4.79 Å². The number of Topliss-reactive ketones (excluding diaryl/α,β-unsaturated/α-hetero) is 1. The number of aryl methyl sites for hydroxylation is 2. The maximum atomic E-state index is 13.5. The molecule has 7 heteroatoms. The molecule has 1 unspecified atom stereocenters. The molecule has 2 aromatic rings. The van der Waals surface area contributed by atoms with Gasteiger partial charge in [0.05, 0.1) is 34.3 Å². The van der Waals surface area contributed by atoms with Crippen LogP contribution < -0.4 is 4.74 Å². The summed E-state index contributed by atoms with van der Waals surface area (Å²) in [5.74, 6) is -0.594. The van der Waals surface area contributed by atoms with Crippen LogP contribution in [0.25, 0.3) is 0 Å². The van der Waals surface area contributed by atoms with E-state index in [4.69, 9.17) is 4.74 Å². The number of benzene rings is 1. The van der Waals surface area contributed by atoms with Gasteiger partial charge in [0.15, 0.2) is 5.76 Å². The smallest absolute Gasteiger partial charge is 0.290 e. The van der Waals surface area contributed by atoms with Crippen LogP contribution >= 0.6 is 11.3 Å². The molecule has 1 amide bonds. The van der Waals surface area contributed by atoms with Gasteiger partial charge in [-0.05, 0) is 44.4 Å². The summed E-state index contributed by atoms with van der Waals surface area (Å²) < 4.78 is 5.36. The van der Waals surface area contributed by atoms with Crippen molar-refractivity contribution in [1.82, 2.24) is 9.88 Å². The number of methoxy groups -OCH3 is 1. The van der Waals surface area contributed by atoms with Crippen molar-refractivity contribution < 1.29 is 19.4 Å². The predicted molar refractivity (Wildman–Crippen MR) is 110 cm³/mol. The second-order valence-corrected chi connectivity index (χ2v) is 8.77. The molecule has 0 saturated heterocycles. The Hall–Kier alpha value is -2.67. The topological polar surface area (TPSA) is 79.7 Å². The maximum absolute atomic E-state index is 13.5. The summed E-state index contributed by atoms with van der Waals surface area (Å²) >= 11 is 1.29. The van der Waals surface area contributed by atoms with Crippen LogP contribution in [0.4, 0.5) is 0 Å². The fourth-order valence-corrected chi connectivity index (χ4v) is 5.29. The Bertz CT molecular complexity index is 1000. The first kappa shape index (κ1) is 19.6. The van der Waals surface area contributed by atoms with Crippen molar-refractivity contribution in [3.05, 3.63) is 56.7 Å². The Morgan fingerprint density at radius 3 is 2.62 bits per heavy atom. The van der Waals surface area contributed by atoms with Crippen molar-refractivity contribution in [3.8, 4) is 5.75 Å². The molecule has 1 atom stereocenters. The lowest BCUT2D eigenvalue weighted by Gasteiger charge is -2.32. The first-order valence-corrected chi connectivity index (χ1v) is 10.6. The number of aliphatic hydroxyl groups excluding tert-OH is 1. The average Bonchev–Trinajstić information content (AvgIpc) is 3.41. The zero-order valence-electron chi connectivity index (χ0n) is 16.8. The molecular formula is C22H24N2O4S. The lowest BCUT2D eigenvalue weighted by molar-refractivity contribution is -0.131. The Balaban J connectivity index is 1.85. The van der Waals surface area contributed by atoms with Gasteiger partial charge in [-0.15, -0.1) is 11.3 Å². The highest BCUT2D eigenvalue weighted by atomic mass is 32.1. The second-order valence-electron chi connectivity index (χ2n) is 7.57. The van der Waals surface area contributed by atoms with E-state index in [2.05, 4.69) is 4.98 Å². The Morgan fingerprint density at radius 2 is 2.00 bits per heavy atom. The van der Waals surface area contributed by atoms with E-state index in [1.54, 1.807) is 18.9 Å². The first-order valence-electron chi connectivity index (χ1n) is 9.80. The van der Waals surface area contributed by atoms with Crippen molar-refractivity contribution in [2.24, 2.45) is 0 Å². The molecule has 1 aliphatic heterocycles. The number of thiazole rings is 1. The molecule has 29 heavy (non-hydrogen) atoms. The highest BCUT2D eigenvalue weighted by Crippen LogP contribution is 2.44. The lowest BCUT2D eigenvalue weighted by atomic mass is 9.94. The third-order valence-electron chi connectivity index (χ3n) is 5.73. The summed E-state index contributed by atoms with van der Waals surface area (Å²) in [5.41, 5.74) is 1.52. The fraction of sp³-hybridized carbons (Fsp3) is 0.409. The van der Waals surface area contributed by atoms with E-state index in [1.165, 1.54) is 11.3 Å². The van der Waals surface area contributed by atoms with Gasteiger partial charge in [-0.1, -0.05) is 25.0 Å². The highest BCUT2D eigenvalue weighted by Gasteiger charge is 2.47. The van der Waals surface area contributed by atoms with E-state index in [-0.39, 0.29) is 17.4 Å². The molecule has 1 aromatic carbocycles. The average molecular weight is 413 g/mol. The lowest BCUT2D eigenvalue weighted by Crippen LogP contribution is -2.38. The summed E-state index contributed by atoms with van der Waals surface area (Å²) in [6, 6.07) is 6.74. The zero-order chi connectivity index (χ0) is 20.7. The van der Waals surface area contributed by atoms with Gasteiger partial charge in [0, 0.05) is 6.04 Å². The zero-order valence-corrected chi connectivity index (χ0v) is 17.6. The van der Waals surface area contributed by atoms with E-state index >= 15 is 0 Å². The highest BCUT2D eigenvalue weighted by molar-refractivity contribution is 7.14. The van der Waals surface area contributed by atoms with E-state index in [0.29, 0.717) is 16.3 Å². The molecule has 1 N–H and O–H groups in total. The molecule has 1 fully saturated rings. The number of rotatable bonds is 5. The van der Waals surface area contributed by atoms with Crippen molar-refractivity contribution in [2.45, 2.75) is 51.6 Å². The van der Waals surface area contributed by atoms with Crippen LogP contribution in [-0.4, -0.2) is 39.8 Å². The van der Waals surface area contributed by atoms with Gasteiger partial charge in [0.25, 0.3) is 5.91 Å². The number of carbonyl (C=O) groups is 2. The molecule has 2 heterocycles. The number of nitrogens with zero attached hydrogens (tertiary/aromatic N) is 2. The van der Waals surface area contributed by atoms with Crippen molar-refractivity contribution in [1.29, 1.82) is 0 Å². The van der Waals surface area contributed by atoms with Gasteiger partial charge in [-0.3, -0.25) is 9.59 Å². The van der Waals surface area contributed by atoms with Gasteiger partial charge in [0.1, 0.15) is 5.75 Å². The van der Waals surface area contributed by atoms with Crippen LogP contribution in [0, 0.1) is 13.8 Å². The third kappa shape index (κ3) is 3.33. The van der Waals surface area contributed by atoms with Crippen molar-refractivity contribution >= 4 is 23.0 Å². The van der Waals surface area contributed by atoms with Crippen molar-refractivity contribution in [2.75, 3.05) is 7.11 Å². The maximum Gasteiger partial charge on any atom is 0.290 e. The predicted octanol–water partition coefficient (Wildman–Crippen LogP) is 4.29. The van der Waals surface area contributed by atoms with Crippen molar-refractivity contribution in [3.63, 3.8) is 0 Å². The normalized spacial score (nSPS) is 20.0. The number of aromatic nitrogens is 1. The van der Waals surface area contributed by atoms with Gasteiger partial charge < -0.3 is 14.7 Å². The minimum absolute atomic E-state index is 0.00967. The Morgan fingerprint density at radius 1 is 1.28 bits per heavy atom. The second kappa shape index (κ2) is 7.63. The molecule has 1 saturated carbocycles. The van der Waals surface area contributed by atoms with Gasteiger partial charge in [0.2, 0.25) is 5.78 Å². The third-order valence-corrected chi connectivity index (χ3v) is 6.80. The standard InChI is InChI=1S/C22H24N2O4S/c1-12-21(29-13(2)23-12)19(25)17-18(14-7-6-10-16(11-14)28-3)24(22(27)20(17)26)15-8-4-5-9-15/h6-7,10-11,15,18,26H,4-5,8-9H2,1-3H3. The van der Waals surface area contributed by atoms with E-state index < -0.39 is 17.7 Å². The molecule has 0 radical (unpaired) electrons. The molecular weight excluding hydrogens is 388 g/mol. The summed E-state index contributed by atoms with van der Waals surface area (Å²) in [6.07, 6.45) is 3.83. The fourth-order valence-electron chi connectivity index (χ4n) is 4.42. The largest absolute Gasteiger partial charge is 0.503 e. The molecule has 2 aliphatic rings. The first-order chi connectivity index (χ1) is 13.9. The molecule has 1 aliphatic carbocycles. The monoisotopic (exact) mass is 412 g/mol. The number of aliphatic hydroxyl groups is 1. The summed E-state index contributed by atoms with van der Waals surface area (Å²) in [6.45, 7) is 3.62. The number of ketones is 1. The Kier molecular flexibility index (Phi) is 5.17. The van der Waals surface area contributed by atoms with Crippen LogP contribution in [0.1, 0.15) is 57.7 Å². The van der Waals surface area contributed by atoms with Gasteiger partial charge >= 0.3 is 0 Å². The van der Waals surface area contributed by atoms with Crippen LogP contribution in [0.2, 0.25) is 0 Å². The van der Waals surface area contributed by atoms with E-state index in [1.807, 2.05) is 31.2 Å². The van der Waals surface area contributed by atoms with E-state index in [0.717, 1.165) is 36.3 Å². The quantitative estimate of drug-likeness (QED) is 0.741. The minimum Gasteiger partial charge on any atom is -0.503 e. The molecule has 4 rings (SSSR count). The van der Waals surface area contributed by atoms with Crippen LogP contribution in [0.15, 0.2) is 35.6 Å². The van der Waals surface area contributed by atoms with Gasteiger partial charge in [-0.2, -0.15) is 0 Å². The van der Waals surface area contributed by atoms with Crippen LogP contribution in [0.3, 0.4) is 0 Å². The van der Waals surface area contributed by atoms with Crippen LogP contribution in [0.5, 0.6) is 5.75 Å². The molecule has 6 nitrogen and oxygen atoms in total. The molecule has 1 aromatic heterocycles. The number of amides is 1. The minimum atomic E-state index is -0.630. The number of hydrogen-bond acceptors (Lipinski definition) is 6. The van der Waals surface area contributed by atoms with Gasteiger partial charge in [-0.25, -0.2) is 4.98 Å². The number of hydrogen-bond donors (Lipinski definition) is 1.